The van der Waals surface area contributed by atoms with Crippen molar-refractivity contribution in [1.29, 1.82) is 0 Å². The molecule has 0 unspecified atom stereocenters. The molecule has 0 aliphatic carbocycles. The number of hydrogen-bond donors (Lipinski definition) is 2. The molecule has 0 fully saturated rings. The SMILES string of the molecule is NC(=O)Cc1c[nH]c2cc3c(cc12)OCCO3. The average molecular weight is 232 g/mol. The summed E-state index contributed by atoms with van der Waals surface area (Å²) >= 11 is 0. The number of H-pyrrole nitrogens is 1. The highest BCUT2D eigenvalue weighted by atomic mass is 16.6. The maximum atomic E-state index is 11.0. The van der Waals surface area contributed by atoms with Gasteiger partial charge in [0, 0.05) is 23.2 Å². The lowest BCUT2D eigenvalue weighted by atomic mass is 10.1. The third-order valence-electron chi connectivity index (χ3n) is 2.79. The summed E-state index contributed by atoms with van der Waals surface area (Å²) in [5.74, 6) is 1.10. The van der Waals surface area contributed by atoms with Gasteiger partial charge in [0.2, 0.25) is 5.91 Å². The monoisotopic (exact) mass is 232 g/mol. The van der Waals surface area contributed by atoms with E-state index in [4.69, 9.17) is 15.2 Å². The third-order valence-corrected chi connectivity index (χ3v) is 2.79. The number of carbonyl (C=O) groups is 1. The van der Waals surface area contributed by atoms with Crippen LogP contribution in [0.15, 0.2) is 18.3 Å². The van der Waals surface area contributed by atoms with Gasteiger partial charge in [-0.25, -0.2) is 0 Å². The number of fused-ring (bicyclic) bond motifs is 2. The van der Waals surface area contributed by atoms with Crippen LogP contribution in [0.25, 0.3) is 10.9 Å². The van der Waals surface area contributed by atoms with E-state index >= 15 is 0 Å². The van der Waals surface area contributed by atoms with Crippen molar-refractivity contribution in [2.24, 2.45) is 5.73 Å². The van der Waals surface area contributed by atoms with E-state index in [1.165, 1.54) is 0 Å². The second kappa shape index (κ2) is 3.69. The lowest BCUT2D eigenvalue weighted by Gasteiger charge is -2.18. The van der Waals surface area contributed by atoms with Crippen molar-refractivity contribution in [2.75, 3.05) is 13.2 Å². The predicted molar refractivity (Wildman–Crippen MR) is 62.2 cm³/mol. The van der Waals surface area contributed by atoms with Crippen LogP contribution < -0.4 is 15.2 Å². The fraction of sp³-hybridized carbons (Fsp3) is 0.250. The molecule has 2 aromatic rings. The van der Waals surface area contributed by atoms with Crippen molar-refractivity contribution in [3.8, 4) is 11.5 Å². The summed E-state index contributed by atoms with van der Waals surface area (Å²) in [5.41, 5.74) is 7.00. The molecule has 5 heteroatoms. The minimum Gasteiger partial charge on any atom is -0.486 e. The Labute approximate surface area is 97.5 Å². The first-order chi connectivity index (χ1) is 8.24. The third kappa shape index (κ3) is 1.69. The summed E-state index contributed by atoms with van der Waals surface area (Å²) in [6.07, 6.45) is 2.01. The molecule has 0 atom stereocenters. The van der Waals surface area contributed by atoms with Gasteiger partial charge in [-0.15, -0.1) is 0 Å². The Morgan fingerprint density at radius 3 is 2.71 bits per heavy atom. The van der Waals surface area contributed by atoms with Gasteiger partial charge < -0.3 is 20.2 Å². The number of amides is 1. The maximum absolute atomic E-state index is 11.0. The first kappa shape index (κ1) is 10.0. The first-order valence-corrected chi connectivity index (χ1v) is 5.42. The van der Waals surface area contributed by atoms with Crippen molar-refractivity contribution in [3.05, 3.63) is 23.9 Å². The molecule has 0 saturated heterocycles. The zero-order chi connectivity index (χ0) is 11.8. The van der Waals surface area contributed by atoms with Crippen LogP contribution in [-0.4, -0.2) is 24.1 Å². The van der Waals surface area contributed by atoms with Crippen LogP contribution in [0, 0.1) is 0 Å². The maximum Gasteiger partial charge on any atom is 0.221 e. The molecule has 0 radical (unpaired) electrons. The number of rotatable bonds is 2. The largest absolute Gasteiger partial charge is 0.486 e. The minimum absolute atomic E-state index is 0.222. The molecule has 3 N–H and O–H groups in total. The summed E-state index contributed by atoms with van der Waals surface area (Å²) in [6.45, 7) is 1.11. The number of aromatic amines is 1. The van der Waals surface area contributed by atoms with Crippen LogP contribution in [0.5, 0.6) is 11.5 Å². The van der Waals surface area contributed by atoms with E-state index in [0.29, 0.717) is 19.0 Å². The number of aromatic nitrogens is 1. The van der Waals surface area contributed by atoms with Gasteiger partial charge in [-0.05, 0) is 11.6 Å². The van der Waals surface area contributed by atoms with Crippen LogP contribution >= 0.6 is 0 Å². The average Bonchev–Trinajstić information content (AvgIpc) is 2.68. The van der Waals surface area contributed by atoms with Crippen molar-refractivity contribution >= 4 is 16.8 Å². The summed E-state index contributed by atoms with van der Waals surface area (Å²) in [4.78, 5) is 14.1. The molecule has 2 heterocycles. The fourth-order valence-electron chi connectivity index (χ4n) is 2.05. The topological polar surface area (TPSA) is 77.3 Å². The van der Waals surface area contributed by atoms with Crippen molar-refractivity contribution in [2.45, 2.75) is 6.42 Å². The first-order valence-electron chi connectivity index (χ1n) is 5.42. The predicted octanol–water partition coefficient (Wildman–Crippen LogP) is 0.967. The van der Waals surface area contributed by atoms with Crippen molar-refractivity contribution < 1.29 is 14.3 Å². The molecule has 0 spiro atoms. The van der Waals surface area contributed by atoms with Crippen LogP contribution in [0.2, 0.25) is 0 Å². The van der Waals surface area contributed by atoms with Gasteiger partial charge >= 0.3 is 0 Å². The normalized spacial score (nSPS) is 13.9. The highest BCUT2D eigenvalue weighted by Gasteiger charge is 2.15. The smallest absolute Gasteiger partial charge is 0.221 e. The molecule has 88 valence electrons. The van der Waals surface area contributed by atoms with E-state index in [1.807, 2.05) is 12.1 Å². The van der Waals surface area contributed by atoms with Gasteiger partial charge in [0.1, 0.15) is 13.2 Å². The Hall–Kier alpha value is -2.17. The minimum atomic E-state index is -0.346. The zero-order valence-electron chi connectivity index (χ0n) is 9.16. The number of ether oxygens (including phenoxy) is 2. The Bertz CT molecular complexity index is 589. The molecule has 0 saturated carbocycles. The van der Waals surface area contributed by atoms with Crippen molar-refractivity contribution in [1.82, 2.24) is 4.98 Å². The van der Waals surface area contributed by atoms with E-state index in [-0.39, 0.29) is 12.3 Å². The van der Waals surface area contributed by atoms with Crippen LogP contribution in [0.4, 0.5) is 0 Å². The molecular formula is C12H12N2O3. The molecule has 1 aromatic heterocycles. The Morgan fingerprint density at radius 1 is 1.29 bits per heavy atom. The van der Waals surface area contributed by atoms with Gasteiger partial charge in [0.25, 0.3) is 0 Å². The second-order valence-corrected chi connectivity index (χ2v) is 4.00. The van der Waals surface area contributed by atoms with Crippen LogP contribution in [0.3, 0.4) is 0 Å². The summed E-state index contributed by atoms with van der Waals surface area (Å²) in [6, 6.07) is 3.77. The highest BCUT2D eigenvalue weighted by molar-refractivity contribution is 5.90. The van der Waals surface area contributed by atoms with E-state index in [9.17, 15) is 4.79 Å². The summed E-state index contributed by atoms with van der Waals surface area (Å²) in [7, 11) is 0. The summed E-state index contributed by atoms with van der Waals surface area (Å²) < 4.78 is 11.0. The Kier molecular flexibility index (Phi) is 2.18. The standard InChI is InChI=1S/C12H12N2O3/c13-12(15)3-7-6-14-9-5-11-10(4-8(7)9)16-1-2-17-11/h4-6,14H,1-3H2,(H2,13,15). The molecule has 1 aliphatic rings. The van der Waals surface area contributed by atoms with Gasteiger partial charge in [0.15, 0.2) is 11.5 Å². The summed E-state index contributed by atoms with van der Waals surface area (Å²) in [5, 5.41) is 0.952. The lowest BCUT2D eigenvalue weighted by molar-refractivity contribution is -0.117. The highest BCUT2D eigenvalue weighted by Crippen LogP contribution is 2.35. The van der Waals surface area contributed by atoms with E-state index in [2.05, 4.69) is 4.98 Å². The van der Waals surface area contributed by atoms with Gasteiger partial charge in [-0.3, -0.25) is 4.79 Å². The van der Waals surface area contributed by atoms with E-state index in [0.717, 1.165) is 22.2 Å². The molecule has 0 bridgehead atoms. The fourth-order valence-corrected chi connectivity index (χ4v) is 2.05. The van der Waals surface area contributed by atoms with Crippen LogP contribution in [-0.2, 0) is 11.2 Å². The molecule has 1 amide bonds. The molecule has 5 nitrogen and oxygen atoms in total. The Morgan fingerprint density at radius 2 is 2.00 bits per heavy atom. The van der Waals surface area contributed by atoms with Gasteiger partial charge in [-0.1, -0.05) is 0 Å². The van der Waals surface area contributed by atoms with Gasteiger partial charge in [-0.2, -0.15) is 0 Å². The lowest BCUT2D eigenvalue weighted by Crippen LogP contribution is -2.15. The molecule has 1 aliphatic heterocycles. The van der Waals surface area contributed by atoms with Gasteiger partial charge in [0.05, 0.1) is 6.42 Å². The number of hydrogen-bond acceptors (Lipinski definition) is 3. The van der Waals surface area contributed by atoms with E-state index in [1.54, 1.807) is 6.20 Å². The number of benzene rings is 1. The molecule has 1 aromatic carbocycles. The van der Waals surface area contributed by atoms with Crippen molar-refractivity contribution in [3.63, 3.8) is 0 Å². The van der Waals surface area contributed by atoms with Crippen LogP contribution in [0.1, 0.15) is 5.56 Å². The molecule has 17 heavy (non-hydrogen) atoms. The number of primary amides is 1. The number of nitrogens with two attached hydrogens (primary N) is 1. The number of carbonyl (C=O) groups excluding carboxylic acids is 1. The van der Waals surface area contributed by atoms with E-state index < -0.39 is 0 Å². The zero-order valence-corrected chi connectivity index (χ0v) is 9.16. The second-order valence-electron chi connectivity index (χ2n) is 4.00. The Balaban J connectivity index is 2.12. The molecular weight excluding hydrogens is 220 g/mol. The molecule has 3 rings (SSSR count). The number of nitrogens with one attached hydrogen (secondary N) is 1. The quantitative estimate of drug-likeness (QED) is 0.809.